The molecule has 1 saturated heterocycles. The van der Waals surface area contributed by atoms with Crippen molar-refractivity contribution in [2.45, 2.75) is 6.92 Å². The third kappa shape index (κ3) is 2.73. The van der Waals surface area contributed by atoms with Crippen molar-refractivity contribution in [2.24, 2.45) is 0 Å². The largest absolute Gasteiger partial charge is 0.333 e. The van der Waals surface area contributed by atoms with Crippen molar-refractivity contribution in [3.63, 3.8) is 0 Å². The molecule has 0 radical (unpaired) electrons. The van der Waals surface area contributed by atoms with E-state index in [0.29, 0.717) is 10.7 Å². The highest BCUT2D eigenvalue weighted by Gasteiger charge is 2.34. The minimum absolute atomic E-state index is 0.244. The lowest BCUT2D eigenvalue weighted by atomic mass is 10.1. The van der Waals surface area contributed by atoms with Gasteiger partial charge in [0.05, 0.1) is 5.69 Å². The molecule has 2 aromatic rings. The molecule has 5 heteroatoms. The summed E-state index contributed by atoms with van der Waals surface area (Å²) in [5.74, 6) is -0.396. The molecular formula is C17H13ClN2O2. The monoisotopic (exact) mass is 312 g/mol. The first-order valence-electron chi connectivity index (χ1n) is 6.74. The van der Waals surface area contributed by atoms with Crippen LogP contribution in [-0.4, -0.2) is 11.9 Å². The summed E-state index contributed by atoms with van der Waals surface area (Å²) in [6, 6.07) is 13.8. The third-order valence-corrected chi connectivity index (χ3v) is 3.57. The summed E-state index contributed by atoms with van der Waals surface area (Å²) < 4.78 is 0. The van der Waals surface area contributed by atoms with Crippen molar-refractivity contribution in [1.29, 1.82) is 0 Å². The molecule has 3 rings (SSSR count). The van der Waals surface area contributed by atoms with Crippen LogP contribution in [0.3, 0.4) is 0 Å². The average molecular weight is 313 g/mol. The Bertz CT molecular complexity index is 782. The molecule has 0 atom stereocenters. The fourth-order valence-corrected chi connectivity index (χ4v) is 2.40. The van der Waals surface area contributed by atoms with Gasteiger partial charge in [0.1, 0.15) is 5.70 Å². The number of hydrogen-bond acceptors (Lipinski definition) is 2. The zero-order chi connectivity index (χ0) is 15.7. The molecule has 2 aromatic carbocycles. The molecule has 0 spiro atoms. The van der Waals surface area contributed by atoms with Gasteiger partial charge in [-0.05, 0) is 36.8 Å². The van der Waals surface area contributed by atoms with Gasteiger partial charge in [0.2, 0.25) is 0 Å². The second-order valence-corrected chi connectivity index (χ2v) is 5.46. The highest BCUT2D eigenvalue weighted by atomic mass is 35.5. The number of anilines is 1. The molecule has 1 fully saturated rings. The van der Waals surface area contributed by atoms with Crippen LogP contribution in [0.25, 0.3) is 6.08 Å². The summed E-state index contributed by atoms with van der Waals surface area (Å²) in [7, 11) is 0. The van der Waals surface area contributed by atoms with E-state index in [4.69, 9.17) is 11.6 Å². The van der Waals surface area contributed by atoms with E-state index < -0.39 is 11.9 Å². The lowest BCUT2D eigenvalue weighted by Crippen LogP contribution is -2.30. The molecule has 0 unspecified atom stereocenters. The number of aryl methyl sites for hydroxylation is 1. The lowest BCUT2D eigenvalue weighted by molar-refractivity contribution is -0.113. The van der Waals surface area contributed by atoms with Gasteiger partial charge in [-0.1, -0.05) is 47.5 Å². The topological polar surface area (TPSA) is 49.4 Å². The van der Waals surface area contributed by atoms with E-state index in [2.05, 4.69) is 5.32 Å². The number of hydrogen-bond donors (Lipinski definition) is 1. The Morgan fingerprint density at radius 1 is 1.09 bits per heavy atom. The SMILES string of the molecule is Cc1ccc(/C=C2/NC(=O)N(c3cccc(Cl)c3)C2=O)cc1. The fraction of sp³-hybridized carbons (Fsp3) is 0.0588. The number of rotatable bonds is 2. The molecule has 1 aliphatic heterocycles. The molecule has 4 nitrogen and oxygen atoms in total. The van der Waals surface area contributed by atoms with Crippen molar-refractivity contribution in [3.8, 4) is 0 Å². The van der Waals surface area contributed by atoms with Crippen LogP contribution < -0.4 is 10.2 Å². The van der Waals surface area contributed by atoms with E-state index in [9.17, 15) is 9.59 Å². The van der Waals surface area contributed by atoms with E-state index in [0.717, 1.165) is 16.0 Å². The van der Waals surface area contributed by atoms with Crippen LogP contribution in [0.1, 0.15) is 11.1 Å². The first-order chi connectivity index (χ1) is 10.5. The molecule has 0 aromatic heterocycles. The molecule has 0 saturated carbocycles. The predicted molar refractivity (Wildman–Crippen MR) is 86.6 cm³/mol. The Labute approximate surface area is 133 Å². The van der Waals surface area contributed by atoms with Crippen LogP contribution in [0.15, 0.2) is 54.2 Å². The van der Waals surface area contributed by atoms with E-state index >= 15 is 0 Å². The zero-order valence-corrected chi connectivity index (χ0v) is 12.6. The maximum absolute atomic E-state index is 12.4. The molecular weight excluding hydrogens is 300 g/mol. The van der Waals surface area contributed by atoms with Crippen LogP contribution in [0.5, 0.6) is 0 Å². The summed E-state index contributed by atoms with van der Waals surface area (Å²) in [5, 5.41) is 3.06. The Morgan fingerprint density at radius 3 is 2.50 bits per heavy atom. The second kappa shape index (κ2) is 5.66. The number of urea groups is 1. The summed E-state index contributed by atoms with van der Waals surface area (Å²) in [5.41, 5.74) is 2.67. The van der Waals surface area contributed by atoms with Crippen molar-refractivity contribution in [1.82, 2.24) is 5.32 Å². The molecule has 0 bridgehead atoms. The van der Waals surface area contributed by atoms with Crippen LogP contribution >= 0.6 is 11.6 Å². The summed E-state index contributed by atoms with van der Waals surface area (Å²) in [6.07, 6.45) is 1.66. The third-order valence-electron chi connectivity index (χ3n) is 3.33. The number of halogens is 1. The number of imide groups is 1. The first kappa shape index (κ1) is 14.4. The molecule has 3 amide bonds. The van der Waals surface area contributed by atoms with Crippen molar-refractivity contribution in [2.75, 3.05) is 4.90 Å². The van der Waals surface area contributed by atoms with Gasteiger partial charge >= 0.3 is 6.03 Å². The standard InChI is InChI=1S/C17H13ClN2O2/c1-11-5-7-12(8-6-11)9-15-16(21)20(17(22)19-15)14-4-2-3-13(18)10-14/h2-10H,1H3,(H,19,22)/b15-9+. The molecule has 110 valence electrons. The average Bonchev–Trinajstić information content (AvgIpc) is 2.76. The first-order valence-corrected chi connectivity index (χ1v) is 7.12. The number of carbonyl (C=O) groups excluding carboxylic acids is 2. The Balaban J connectivity index is 1.93. The minimum Gasteiger partial charge on any atom is -0.302 e. The van der Waals surface area contributed by atoms with Gasteiger partial charge in [0, 0.05) is 5.02 Å². The van der Waals surface area contributed by atoms with Crippen LogP contribution in [-0.2, 0) is 4.79 Å². The number of nitrogens with one attached hydrogen (secondary N) is 1. The molecule has 22 heavy (non-hydrogen) atoms. The summed E-state index contributed by atoms with van der Waals surface area (Å²) in [4.78, 5) is 25.6. The van der Waals surface area contributed by atoms with Gasteiger partial charge in [-0.25, -0.2) is 9.69 Å². The number of benzene rings is 2. The predicted octanol–water partition coefficient (Wildman–Crippen LogP) is 3.75. The summed E-state index contributed by atoms with van der Waals surface area (Å²) >= 11 is 5.92. The van der Waals surface area contributed by atoms with Gasteiger partial charge in [-0.3, -0.25) is 4.79 Å². The van der Waals surface area contributed by atoms with E-state index in [-0.39, 0.29) is 5.70 Å². The Hall–Kier alpha value is -2.59. The van der Waals surface area contributed by atoms with Crippen molar-refractivity contribution >= 4 is 35.3 Å². The van der Waals surface area contributed by atoms with Crippen LogP contribution in [0.4, 0.5) is 10.5 Å². The lowest BCUT2D eigenvalue weighted by Gasteiger charge is -2.11. The smallest absolute Gasteiger partial charge is 0.302 e. The van der Waals surface area contributed by atoms with Gasteiger partial charge in [0.25, 0.3) is 5.91 Å². The number of carbonyl (C=O) groups is 2. The van der Waals surface area contributed by atoms with Crippen molar-refractivity contribution < 1.29 is 9.59 Å². The molecule has 1 N–H and O–H groups in total. The summed E-state index contributed by atoms with van der Waals surface area (Å²) in [6.45, 7) is 1.99. The highest BCUT2D eigenvalue weighted by Crippen LogP contribution is 2.24. The molecule has 1 heterocycles. The van der Waals surface area contributed by atoms with Gasteiger partial charge in [0.15, 0.2) is 0 Å². The normalized spacial score (nSPS) is 16.3. The van der Waals surface area contributed by atoms with Gasteiger partial charge < -0.3 is 5.32 Å². The maximum atomic E-state index is 12.4. The maximum Gasteiger partial charge on any atom is 0.333 e. The number of amides is 3. The quantitative estimate of drug-likeness (QED) is 0.678. The Kier molecular flexibility index (Phi) is 3.69. The van der Waals surface area contributed by atoms with Gasteiger partial charge in [-0.15, -0.1) is 0 Å². The molecule has 0 aliphatic carbocycles. The fourth-order valence-electron chi connectivity index (χ4n) is 2.21. The Morgan fingerprint density at radius 2 is 1.82 bits per heavy atom. The van der Waals surface area contributed by atoms with E-state index in [1.165, 1.54) is 0 Å². The van der Waals surface area contributed by atoms with E-state index in [1.54, 1.807) is 30.3 Å². The van der Waals surface area contributed by atoms with Crippen molar-refractivity contribution in [3.05, 3.63) is 70.4 Å². The number of nitrogens with zero attached hydrogens (tertiary/aromatic N) is 1. The highest BCUT2D eigenvalue weighted by molar-refractivity contribution is 6.32. The molecule has 1 aliphatic rings. The minimum atomic E-state index is -0.481. The van der Waals surface area contributed by atoms with Crippen LogP contribution in [0, 0.1) is 6.92 Å². The van der Waals surface area contributed by atoms with E-state index in [1.807, 2.05) is 31.2 Å². The zero-order valence-electron chi connectivity index (χ0n) is 11.8. The second-order valence-electron chi connectivity index (χ2n) is 5.02. The van der Waals surface area contributed by atoms with Crippen LogP contribution in [0.2, 0.25) is 5.02 Å². The van der Waals surface area contributed by atoms with Gasteiger partial charge in [-0.2, -0.15) is 0 Å².